The first-order chi connectivity index (χ1) is 19.3. The van der Waals surface area contributed by atoms with Gasteiger partial charge in [-0.2, -0.15) is 18.2 Å². The third kappa shape index (κ3) is 5.93. The number of rotatable bonds is 5. The molecule has 1 N–H and O–H groups in total. The van der Waals surface area contributed by atoms with Crippen molar-refractivity contribution >= 4 is 34.4 Å². The Morgan fingerprint density at radius 1 is 1.15 bits per heavy atom. The van der Waals surface area contributed by atoms with Crippen molar-refractivity contribution in [1.82, 2.24) is 19.8 Å². The number of nitrogens with one attached hydrogen (secondary N) is 1. The van der Waals surface area contributed by atoms with E-state index < -0.39 is 29.4 Å². The maximum Gasteiger partial charge on any atom is 0.417 e. The molecule has 220 valence electrons. The first-order valence-corrected chi connectivity index (χ1v) is 14.2. The molecule has 3 heterocycles. The van der Waals surface area contributed by atoms with Gasteiger partial charge in [0, 0.05) is 60.9 Å². The van der Waals surface area contributed by atoms with E-state index in [4.69, 9.17) is 4.74 Å². The van der Waals surface area contributed by atoms with Gasteiger partial charge in [0.2, 0.25) is 5.91 Å². The molecule has 0 radical (unpaired) electrons. The first-order valence-electron chi connectivity index (χ1n) is 13.2. The van der Waals surface area contributed by atoms with E-state index in [0.717, 1.165) is 30.0 Å². The Hall–Kier alpha value is -3.16. The highest BCUT2D eigenvalue weighted by atomic mass is 32.2. The second kappa shape index (κ2) is 11.3. The van der Waals surface area contributed by atoms with E-state index in [1.54, 1.807) is 14.1 Å². The number of alkyl halides is 3. The quantitative estimate of drug-likeness (QED) is 0.449. The highest BCUT2D eigenvalue weighted by Gasteiger charge is 2.39. The molecule has 0 unspecified atom stereocenters. The molecule has 0 saturated carbocycles. The Kier molecular flexibility index (Phi) is 8.05. The number of carbonyl (C=O) groups excluding carboxylic acids is 1. The van der Waals surface area contributed by atoms with Crippen LogP contribution in [0.5, 0.6) is 0 Å². The summed E-state index contributed by atoms with van der Waals surface area (Å²) in [5.41, 5.74) is -1.15. The number of thioether (sulfide) groups is 1. The second-order valence-electron chi connectivity index (χ2n) is 10.8. The van der Waals surface area contributed by atoms with Gasteiger partial charge >= 0.3 is 11.9 Å². The number of nitrogens with zero attached hydrogens (tertiary/aromatic N) is 4. The first kappa shape index (κ1) is 29.3. The number of halogens is 4. The minimum atomic E-state index is -4.75. The maximum absolute atomic E-state index is 14.8. The van der Waals surface area contributed by atoms with Crippen LogP contribution in [0.1, 0.15) is 19.4 Å². The van der Waals surface area contributed by atoms with E-state index >= 15 is 0 Å². The predicted molar refractivity (Wildman–Crippen MR) is 150 cm³/mol. The fraction of sp³-hybridized carbons (Fsp3) is 0.464. The van der Waals surface area contributed by atoms with Crippen LogP contribution in [0.4, 0.5) is 23.4 Å². The molecule has 0 aliphatic carbocycles. The number of likely N-dealkylation sites (N-methyl/N-ethyl adjacent to an activating group) is 1. The summed E-state index contributed by atoms with van der Waals surface area (Å²) in [4.78, 5) is 33.6. The van der Waals surface area contributed by atoms with Gasteiger partial charge in [-0.3, -0.25) is 9.36 Å². The topological polar surface area (TPSA) is 79.7 Å². The minimum absolute atomic E-state index is 0.00586. The van der Waals surface area contributed by atoms with Gasteiger partial charge < -0.3 is 19.9 Å². The molecule has 0 spiro atoms. The third-order valence-corrected chi connectivity index (χ3v) is 8.46. The number of amides is 1. The fourth-order valence-electron chi connectivity index (χ4n) is 5.42. The summed E-state index contributed by atoms with van der Waals surface area (Å²) < 4.78 is 65.3. The van der Waals surface area contributed by atoms with Crippen molar-refractivity contribution in [3.05, 3.63) is 52.2 Å². The average molecular weight is 594 g/mol. The van der Waals surface area contributed by atoms with Crippen LogP contribution in [0, 0.1) is 5.82 Å². The van der Waals surface area contributed by atoms with Crippen molar-refractivity contribution in [2.75, 3.05) is 44.4 Å². The van der Waals surface area contributed by atoms with Crippen LogP contribution < -0.4 is 15.9 Å². The molecule has 5 rings (SSSR count). The number of ether oxygens (including phenoxy) is 1. The monoisotopic (exact) mass is 593 g/mol. The molecule has 3 aromatic rings. The summed E-state index contributed by atoms with van der Waals surface area (Å²) in [6, 6.07) is 5.95. The second-order valence-corrected chi connectivity index (χ2v) is 11.8. The number of benzene rings is 2. The Balaban J connectivity index is 1.77. The summed E-state index contributed by atoms with van der Waals surface area (Å²) in [7, 11) is 3.18. The van der Waals surface area contributed by atoms with Gasteiger partial charge in [-0.25, -0.2) is 9.18 Å². The molecule has 1 saturated heterocycles. The zero-order valence-electron chi connectivity index (χ0n) is 23.1. The lowest BCUT2D eigenvalue weighted by molar-refractivity contribution is -0.137. The molecular formula is C28H31F4N5O3S. The van der Waals surface area contributed by atoms with E-state index in [9.17, 15) is 27.2 Å². The molecule has 8 nitrogen and oxygen atoms in total. The van der Waals surface area contributed by atoms with Crippen LogP contribution in [0.25, 0.3) is 22.0 Å². The van der Waals surface area contributed by atoms with Gasteiger partial charge in [0.25, 0.3) is 0 Å². The summed E-state index contributed by atoms with van der Waals surface area (Å²) in [5.74, 6) is -0.479. The maximum atomic E-state index is 14.8. The van der Waals surface area contributed by atoms with Crippen LogP contribution in [0.3, 0.4) is 0 Å². The van der Waals surface area contributed by atoms with Gasteiger partial charge in [-0.15, -0.1) is 11.8 Å². The van der Waals surface area contributed by atoms with Gasteiger partial charge in [0.1, 0.15) is 18.2 Å². The molecule has 1 fully saturated rings. The standard InChI is InChI=1S/C28H31F4N5O3S/c1-15-10-36(11-16(2)33-15)26-20-9-21(28(30,31)32)23(17-5-7-18(29)8-6-17)25-24(20)37(27(39)34-26)12-19(14-41-25)40-13-22(38)35(3)4/h5-9,15-16,19,33H,10-14H2,1-4H3/t15-,16+,19-/m0/s1. The molecule has 2 aromatic carbocycles. The Morgan fingerprint density at radius 2 is 1.80 bits per heavy atom. The van der Waals surface area contributed by atoms with E-state index in [0.29, 0.717) is 18.6 Å². The highest BCUT2D eigenvalue weighted by molar-refractivity contribution is 7.99. The highest BCUT2D eigenvalue weighted by Crippen LogP contribution is 2.48. The van der Waals surface area contributed by atoms with Crippen LogP contribution in [0.15, 0.2) is 40.0 Å². The van der Waals surface area contributed by atoms with Crippen molar-refractivity contribution in [3.8, 4) is 11.1 Å². The van der Waals surface area contributed by atoms with Gasteiger partial charge in [-0.1, -0.05) is 12.1 Å². The number of aromatic nitrogens is 2. The zero-order chi connectivity index (χ0) is 29.6. The number of hydrogen-bond acceptors (Lipinski definition) is 7. The summed E-state index contributed by atoms with van der Waals surface area (Å²) in [5, 5.41) is 3.59. The molecule has 41 heavy (non-hydrogen) atoms. The lowest BCUT2D eigenvalue weighted by atomic mass is 9.96. The molecule has 3 atom stereocenters. The molecule has 1 amide bonds. The number of piperazine rings is 1. The minimum Gasteiger partial charge on any atom is -0.366 e. The van der Waals surface area contributed by atoms with Crippen molar-refractivity contribution in [2.45, 2.75) is 49.7 Å². The van der Waals surface area contributed by atoms with Gasteiger partial charge in [-0.05, 0) is 37.6 Å². The van der Waals surface area contributed by atoms with E-state index in [2.05, 4.69) is 10.3 Å². The van der Waals surface area contributed by atoms with E-state index in [1.165, 1.54) is 21.6 Å². The van der Waals surface area contributed by atoms with E-state index in [-0.39, 0.29) is 64.1 Å². The molecule has 2 aliphatic rings. The summed E-state index contributed by atoms with van der Waals surface area (Å²) >= 11 is 1.13. The normalized spacial score (nSPS) is 21.2. The lowest BCUT2D eigenvalue weighted by Gasteiger charge is -2.37. The van der Waals surface area contributed by atoms with Crippen molar-refractivity contribution in [3.63, 3.8) is 0 Å². The molecule has 1 aromatic heterocycles. The SMILES string of the molecule is C[C@@H]1CN(c2nc(=O)n3c4c(c(-c5ccc(F)cc5)c(C(F)(F)F)cc24)SC[C@@H](OCC(=O)N(C)C)C3)C[C@H](C)N1. The fourth-order valence-corrected chi connectivity index (χ4v) is 6.71. The third-order valence-electron chi connectivity index (χ3n) is 7.23. The summed E-state index contributed by atoms with van der Waals surface area (Å²) in [6.07, 6.45) is -5.41. The number of anilines is 1. The van der Waals surface area contributed by atoms with Crippen molar-refractivity contribution in [2.24, 2.45) is 0 Å². The van der Waals surface area contributed by atoms with Crippen LogP contribution in [-0.2, 0) is 22.3 Å². The largest absolute Gasteiger partial charge is 0.417 e. The van der Waals surface area contributed by atoms with Gasteiger partial charge in [0.15, 0.2) is 0 Å². The number of hydrogen-bond donors (Lipinski definition) is 1. The molecular weight excluding hydrogens is 562 g/mol. The van der Waals surface area contributed by atoms with Crippen LogP contribution in [0.2, 0.25) is 0 Å². The van der Waals surface area contributed by atoms with Crippen LogP contribution in [-0.4, -0.2) is 78.1 Å². The van der Waals surface area contributed by atoms with E-state index in [1.807, 2.05) is 18.7 Å². The molecule has 2 aliphatic heterocycles. The Morgan fingerprint density at radius 3 is 2.41 bits per heavy atom. The van der Waals surface area contributed by atoms with Crippen molar-refractivity contribution < 1.29 is 27.1 Å². The Bertz CT molecular complexity index is 1520. The Labute approximate surface area is 238 Å². The van der Waals surface area contributed by atoms with Crippen LogP contribution >= 0.6 is 11.8 Å². The number of carbonyl (C=O) groups is 1. The lowest BCUT2D eigenvalue weighted by Crippen LogP contribution is -2.55. The zero-order valence-corrected chi connectivity index (χ0v) is 23.9. The van der Waals surface area contributed by atoms with Gasteiger partial charge in [0.05, 0.1) is 23.7 Å². The van der Waals surface area contributed by atoms with Crippen molar-refractivity contribution in [1.29, 1.82) is 0 Å². The summed E-state index contributed by atoms with van der Waals surface area (Å²) in [6.45, 7) is 4.60. The average Bonchev–Trinajstić information content (AvgIpc) is 3.09. The molecule has 13 heteroatoms. The predicted octanol–water partition coefficient (Wildman–Crippen LogP) is 3.99. The smallest absolute Gasteiger partial charge is 0.366 e. The molecule has 0 bridgehead atoms.